The second-order valence-electron chi connectivity index (χ2n) is 10.00. The highest BCUT2D eigenvalue weighted by molar-refractivity contribution is 5.82. The summed E-state index contributed by atoms with van der Waals surface area (Å²) in [5.41, 5.74) is 2.81. The van der Waals surface area contributed by atoms with Crippen LogP contribution in [-0.4, -0.2) is 48.5 Å². The minimum absolute atomic E-state index is 0. The molecule has 0 aromatic heterocycles. The number of ketones is 1. The van der Waals surface area contributed by atoms with Gasteiger partial charge in [0, 0.05) is 30.9 Å². The highest BCUT2D eigenvalue weighted by atomic mass is 79.9. The van der Waals surface area contributed by atoms with Crippen molar-refractivity contribution < 1.29 is 35.8 Å². The van der Waals surface area contributed by atoms with E-state index in [4.69, 9.17) is 4.74 Å². The zero-order valence-corrected chi connectivity index (χ0v) is 22.0. The zero-order valence-electron chi connectivity index (χ0n) is 20.4. The Morgan fingerprint density at radius 2 is 1.44 bits per heavy atom. The Morgan fingerprint density at radius 3 is 2.08 bits per heavy atom. The summed E-state index contributed by atoms with van der Waals surface area (Å²) in [6.45, 7) is 3.22. The molecule has 3 saturated heterocycles. The van der Waals surface area contributed by atoms with E-state index in [1.165, 1.54) is 0 Å². The van der Waals surface area contributed by atoms with Crippen LogP contribution in [0.5, 0.6) is 0 Å². The topological polar surface area (TPSA) is 55.4 Å². The van der Waals surface area contributed by atoms with Crippen molar-refractivity contribution in [1.82, 2.24) is 0 Å². The number of hydrogen-bond acceptors (Lipinski definition) is 4. The fraction of sp³-hybridized carbons (Fsp3) is 0.333. The van der Waals surface area contributed by atoms with Gasteiger partial charge < -0.3 is 31.5 Å². The van der Waals surface area contributed by atoms with Crippen molar-refractivity contribution in [2.75, 3.05) is 31.5 Å². The number of para-hydroxylation sites is 1. The number of Topliss-reactive ketones (excluding diaryl/α,β-unsaturated/α-hetero) is 1. The van der Waals surface area contributed by atoms with Gasteiger partial charge >= 0.3 is 5.97 Å². The number of ether oxygens (including phenoxy) is 1. The highest BCUT2D eigenvalue weighted by Crippen LogP contribution is 2.36. The predicted molar refractivity (Wildman–Crippen MR) is 137 cm³/mol. The molecule has 1 N–H and O–H groups in total. The van der Waals surface area contributed by atoms with E-state index in [1.54, 1.807) is 0 Å². The number of carbonyl (C=O) groups excluding carboxylic acids is 2. The Hall–Kier alpha value is -2.96. The van der Waals surface area contributed by atoms with Gasteiger partial charge in [-0.3, -0.25) is 4.79 Å². The Morgan fingerprint density at radius 1 is 0.861 bits per heavy atom. The molecule has 0 amide bonds. The number of esters is 1. The molecular weight excluding hydrogens is 516 g/mol. The summed E-state index contributed by atoms with van der Waals surface area (Å²) in [4.78, 5) is 26.5. The van der Waals surface area contributed by atoms with Gasteiger partial charge in [0.25, 0.3) is 0 Å². The molecule has 0 aliphatic carbocycles. The fourth-order valence-electron chi connectivity index (χ4n) is 5.67. The van der Waals surface area contributed by atoms with Gasteiger partial charge in [-0.05, 0) is 23.3 Å². The summed E-state index contributed by atoms with van der Waals surface area (Å²) in [5, 5.41) is 3.36. The van der Waals surface area contributed by atoms with Crippen LogP contribution < -0.4 is 22.3 Å². The number of carbonyl (C=O) groups is 2. The van der Waals surface area contributed by atoms with Gasteiger partial charge in [-0.15, -0.1) is 0 Å². The molecule has 3 aliphatic heterocycles. The van der Waals surface area contributed by atoms with E-state index in [-0.39, 0.29) is 34.8 Å². The lowest BCUT2D eigenvalue weighted by molar-refractivity contribution is -0.939. The number of fused-ring (bicyclic) bond motifs is 3. The number of nitrogens with one attached hydrogen (secondary N) is 1. The van der Waals surface area contributed by atoms with Gasteiger partial charge in [-0.25, -0.2) is 4.79 Å². The Balaban J connectivity index is 0.00000304. The lowest BCUT2D eigenvalue weighted by atomic mass is 9.82. The maximum Gasteiger partial charge on any atom is 0.333 e. The van der Waals surface area contributed by atoms with E-state index < -0.39 is 6.04 Å². The molecule has 3 heterocycles. The molecule has 0 radical (unpaired) electrons. The molecule has 6 rings (SSSR count). The highest BCUT2D eigenvalue weighted by Gasteiger charge is 2.48. The van der Waals surface area contributed by atoms with Crippen molar-refractivity contribution in [3.63, 3.8) is 0 Å². The minimum Gasteiger partial charge on any atom is -1.00 e. The van der Waals surface area contributed by atoms with E-state index in [1.807, 2.05) is 91.0 Å². The Labute approximate surface area is 223 Å². The van der Waals surface area contributed by atoms with Crippen LogP contribution in [0.15, 0.2) is 91.0 Å². The number of piperidine rings is 3. The number of hydrogen-bond donors (Lipinski definition) is 1. The first-order valence-electron chi connectivity index (χ1n) is 12.6. The van der Waals surface area contributed by atoms with E-state index in [0.29, 0.717) is 18.9 Å². The molecule has 5 nitrogen and oxygen atoms in total. The first-order chi connectivity index (χ1) is 17.1. The van der Waals surface area contributed by atoms with Crippen LogP contribution in [0.4, 0.5) is 5.69 Å². The number of quaternary nitrogens is 1. The summed E-state index contributed by atoms with van der Waals surface area (Å²) >= 11 is 0. The van der Waals surface area contributed by atoms with Crippen molar-refractivity contribution in [1.29, 1.82) is 0 Å². The third-order valence-corrected chi connectivity index (χ3v) is 7.52. The zero-order chi connectivity index (χ0) is 24.1. The van der Waals surface area contributed by atoms with Crippen molar-refractivity contribution in [3.05, 3.63) is 102 Å². The minimum atomic E-state index is -0.581. The summed E-state index contributed by atoms with van der Waals surface area (Å²) < 4.78 is 6.95. The molecule has 2 bridgehead atoms. The molecule has 3 fully saturated rings. The molecule has 0 unspecified atom stereocenters. The van der Waals surface area contributed by atoms with Gasteiger partial charge in [0.05, 0.1) is 13.1 Å². The SMILES string of the molecule is O=C(Cc1ccccc1)C[N+]12CCC(CC1)[C@@H](OC(=O)[C@H](Nc1ccccc1)c1ccccc1)C2.[Br-]. The standard InChI is InChI=1S/C30H33N2O3.BrH/c33-27(20-23-10-4-1-5-11-23)21-32-18-16-24(17-19-32)28(22-32)35-30(34)29(25-12-6-2-7-13-25)31-26-14-8-3-9-15-26;/h1-15,24,28-29,31H,16-22H2;1H/q+1;/p-1/t24?,28-,29+,32?;/m0./s1. The molecule has 6 heteroatoms. The summed E-state index contributed by atoms with van der Waals surface area (Å²) in [6, 6.07) is 28.8. The summed E-state index contributed by atoms with van der Waals surface area (Å²) in [7, 11) is 0. The molecule has 2 atom stereocenters. The van der Waals surface area contributed by atoms with Crippen molar-refractivity contribution >= 4 is 17.4 Å². The van der Waals surface area contributed by atoms with E-state index >= 15 is 0 Å². The predicted octanol–water partition coefficient (Wildman–Crippen LogP) is 1.81. The molecule has 0 spiro atoms. The van der Waals surface area contributed by atoms with Gasteiger partial charge in [0.1, 0.15) is 13.1 Å². The summed E-state index contributed by atoms with van der Waals surface area (Å²) in [5.74, 6) is 0.374. The maximum atomic E-state index is 13.5. The third kappa shape index (κ3) is 6.23. The molecule has 36 heavy (non-hydrogen) atoms. The number of rotatable bonds is 9. The lowest BCUT2D eigenvalue weighted by Crippen LogP contribution is -3.00. The quantitative estimate of drug-likeness (QED) is 0.327. The number of anilines is 1. The molecule has 188 valence electrons. The Kier molecular flexibility index (Phi) is 8.60. The lowest BCUT2D eigenvalue weighted by Gasteiger charge is -2.51. The number of benzene rings is 3. The fourth-order valence-corrected chi connectivity index (χ4v) is 5.67. The van der Waals surface area contributed by atoms with Gasteiger partial charge in [0.2, 0.25) is 0 Å². The normalized spacial score (nSPS) is 23.2. The van der Waals surface area contributed by atoms with Crippen LogP contribution in [0.1, 0.15) is 30.0 Å². The van der Waals surface area contributed by atoms with Crippen LogP contribution in [0.2, 0.25) is 0 Å². The third-order valence-electron chi connectivity index (χ3n) is 7.52. The second kappa shape index (κ2) is 11.8. The summed E-state index contributed by atoms with van der Waals surface area (Å²) in [6.07, 6.45) is 2.31. The number of nitrogens with zero attached hydrogens (tertiary/aromatic N) is 1. The van der Waals surface area contributed by atoms with Gasteiger partial charge in [-0.1, -0.05) is 78.9 Å². The van der Waals surface area contributed by atoms with Crippen LogP contribution in [0.3, 0.4) is 0 Å². The average molecular weight is 550 g/mol. The van der Waals surface area contributed by atoms with E-state index in [9.17, 15) is 9.59 Å². The van der Waals surface area contributed by atoms with Crippen LogP contribution in [0, 0.1) is 5.92 Å². The van der Waals surface area contributed by atoms with E-state index in [2.05, 4.69) is 5.32 Å². The number of halogens is 1. The Bertz CT molecular complexity index is 1130. The van der Waals surface area contributed by atoms with Crippen molar-refractivity contribution in [3.8, 4) is 0 Å². The van der Waals surface area contributed by atoms with Crippen LogP contribution in [0.25, 0.3) is 0 Å². The van der Waals surface area contributed by atoms with Crippen LogP contribution >= 0.6 is 0 Å². The molecule has 3 aromatic carbocycles. The maximum absolute atomic E-state index is 13.5. The van der Waals surface area contributed by atoms with Crippen molar-refractivity contribution in [2.45, 2.75) is 31.4 Å². The largest absolute Gasteiger partial charge is 1.00 e. The second-order valence-corrected chi connectivity index (χ2v) is 10.00. The molecule has 0 saturated carbocycles. The first-order valence-corrected chi connectivity index (χ1v) is 12.6. The monoisotopic (exact) mass is 548 g/mol. The molecular formula is C30H33BrN2O3. The van der Waals surface area contributed by atoms with Gasteiger partial charge in [0.15, 0.2) is 17.9 Å². The van der Waals surface area contributed by atoms with E-state index in [0.717, 1.165) is 53.8 Å². The van der Waals surface area contributed by atoms with Gasteiger partial charge in [-0.2, -0.15) is 0 Å². The first kappa shape index (κ1) is 26.1. The van der Waals surface area contributed by atoms with Crippen LogP contribution in [-0.2, 0) is 20.7 Å². The molecule has 3 aromatic rings. The smallest absolute Gasteiger partial charge is 0.333 e. The van der Waals surface area contributed by atoms with Crippen molar-refractivity contribution in [2.24, 2.45) is 5.92 Å². The average Bonchev–Trinajstić information content (AvgIpc) is 2.89. The molecule has 3 aliphatic rings.